The Morgan fingerprint density at radius 1 is 1.40 bits per heavy atom. The van der Waals surface area contributed by atoms with E-state index in [1.165, 1.54) is 49.0 Å². The third-order valence-corrected chi connectivity index (χ3v) is 5.84. The molecule has 110 valence electrons. The minimum Gasteiger partial charge on any atom is -0.284 e. The Morgan fingerprint density at radius 2 is 2.20 bits per heavy atom. The fourth-order valence-electron chi connectivity index (χ4n) is 3.26. The van der Waals surface area contributed by atoms with E-state index in [0.29, 0.717) is 0 Å². The first-order valence-electron chi connectivity index (χ1n) is 7.93. The summed E-state index contributed by atoms with van der Waals surface area (Å²) >= 11 is 1.71. The summed E-state index contributed by atoms with van der Waals surface area (Å²) in [5.41, 5.74) is 4.50. The van der Waals surface area contributed by atoms with Crippen molar-refractivity contribution in [3.05, 3.63) is 21.4 Å². The zero-order chi connectivity index (χ0) is 13.9. The first kappa shape index (κ1) is 14.1. The highest BCUT2D eigenvalue weighted by atomic mass is 32.1. The molecule has 0 bridgehead atoms. The number of amides is 1. The summed E-state index contributed by atoms with van der Waals surface area (Å²) in [7, 11) is 0. The largest absolute Gasteiger partial charge is 0.284 e. The van der Waals surface area contributed by atoms with Crippen molar-refractivity contribution in [2.45, 2.75) is 51.9 Å². The van der Waals surface area contributed by atoms with Crippen molar-refractivity contribution >= 4 is 17.2 Å². The van der Waals surface area contributed by atoms with E-state index in [9.17, 15) is 4.79 Å². The number of hydrogen-bond donors (Lipinski definition) is 1. The first-order chi connectivity index (χ1) is 9.76. The number of thiophene rings is 1. The van der Waals surface area contributed by atoms with E-state index in [2.05, 4.69) is 23.4 Å². The van der Waals surface area contributed by atoms with Crippen molar-refractivity contribution in [3.63, 3.8) is 0 Å². The van der Waals surface area contributed by atoms with Gasteiger partial charge in [0, 0.05) is 18.0 Å². The van der Waals surface area contributed by atoms with Crippen molar-refractivity contribution in [2.24, 2.45) is 5.92 Å². The number of hydrogen-bond acceptors (Lipinski definition) is 3. The molecule has 1 aliphatic heterocycles. The highest BCUT2D eigenvalue weighted by Crippen LogP contribution is 2.33. The van der Waals surface area contributed by atoms with Gasteiger partial charge in [-0.3, -0.25) is 10.2 Å². The molecule has 0 radical (unpaired) electrons. The molecule has 1 amide bonds. The Morgan fingerprint density at radius 3 is 2.95 bits per heavy atom. The van der Waals surface area contributed by atoms with Gasteiger partial charge in [0.05, 0.1) is 4.88 Å². The number of nitrogens with zero attached hydrogens (tertiary/aromatic N) is 1. The quantitative estimate of drug-likeness (QED) is 0.926. The van der Waals surface area contributed by atoms with Gasteiger partial charge in [0.25, 0.3) is 5.91 Å². The summed E-state index contributed by atoms with van der Waals surface area (Å²) in [6.07, 6.45) is 8.55. The number of piperidine rings is 1. The molecule has 1 fully saturated rings. The van der Waals surface area contributed by atoms with E-state index < -0.39 is 0 Å². The molecule has 0 aromatic carbocycles. The Bertz CT molecular complexity index is 477. The maximum Gasteiger partial charge on any atom is 0.275 e. The molecule has 3 nitrogen and oxygen atoms in total. The van der Waals surface area contributed by atoms with Crippen LogP contribution >= 0.6 is 11.3 Å². The number of nitrogens with one attached hydrogen (secondary N) is 1. The molecule has 1 aromatic heterocycles. The molecule has 0 unspecified atom stereocenters. The number of rotatable bonds is 3. The highest BCUT2D eigenvalue weighted by molar-refractivity contribution is 7.14. The second-order valence-electron chi connectivity index (χ2n) is 6.06. The Kier molecular flexibility index (Phi) is 4.41. The minimum atomic E-state index is 0.0966. The molecule has 2 aliphatic rings. The van der Waals surface area contributed by atoms with E-state index >= 15 is 0 Å². The molecule has 4 heteroatoms. The topological polar surface area (TPSA) is 32.3 Å². The van der Waals surface area contributed by atoms with Crippen LogP contribution in [0.15, 0.2) is 6.07 Å². The number of aryl methyl sites for hydroxylation is 1. The molecule has 1 N–H and O–H groups in total. The van der Waals surface area contributed by atoms with Crippen LogP contribution in [0.4, 0.5) is 0 Å². The summed E-state index contributed by atoms with van der Waals surface area (Å²) in [6.45, 7) is 4.26. The predicted molar refractivity (Wildman–Crippen MR) is 83.0 cm³/mol. The lowest BCUT2D eigenvalue weighted by Gasteiger charge is -2.26. The average molecular weight is 292 g/mol. The number of carbonyl (C=O) groups is 1. The molecule has 3 rings (SSSR count). The predicted octanol–water partition coefficient (Wildman–Crippen LogP) is 3.39. The molecule has 20 heavy (non-hydrogen) atoms. The van der Waals surface area contributed by atoms with E-state index in [1.807, 2.05) is 0 Å². The number of carbonyl (C=O) groups excluding carboxylic acids is 1. The van der Waals surface area contributed by atoms with Crippen LogP contribution < -0.4 is 5.43 Å². The van der Waals surface area contributed by atoms with E-state index in [4.69, 9.17) is 0 Å². The van der Waals surface area contributed by atoms with Gasteiger partial charge in [0.1, 0.15) is 0 Å². The van der Waals surface area contributed by atoms with Crippen LogP contribution in [0.1, 0.15) is 59.1 Å². The second kappa shape index (κ2) is 6.27. The van der Waals surface area contributed by atoms with Crippen LogP contribution in [0.5, 0.6) is 0 Å². The van der Waals surface area contributed by atoms with Crippen LogP contribution in [-0.2, 0) is 12.8 Å². The summed E-state index contributed by atoms with van der Waals surface area (Å²) in [5, 5.41) is 2.08. The van der Waals surface area contributed by atoms with E-state index in [-0.39, 0.29) is 5.91 Å². The fraction of sp³-hybridized carbons (Fsp3) is 0.688. The Balaban J connectivity index is 1.65. The number of hydrazine groups is 1. The van der Waals surface area contributed by atoms with Crippen LogP contribution in [0, 0.1) is 5.92 Å². The molecule has 0 saturated carbocycles. The fourth-order valence-corrected chi connectivity index (χ4v) is 4.36. The molecule has 1 atom stereocenters. The van der Waals surface area contributed by atoms with Gasteiger partial charge in [-0.25, -0.2) is 5.01 Å². The van der Waals surface area contributed by atoms with Gasteiger partial charge in [-0.1, -0.05) is 19.8 Å². The van der Waals surface area contributed by atoms with Crippen molar-refractivity contribution in [1.82, 2.24) is 10.4 Å². The zero-order valence-electron chi connectivity index (χ0n) is 12.3. The van der Waals surface area contributed by atoms with Gasteiger partial charge in [-0.05, 0) is 49.7 Å². The lowest BCUT2D eigenvalue weighted by molar-refractivity contribution is 0.0754. The van der Waals surface area contributed by atoms with Gasteiger partial charge in [0.2, 0.25) is 0 Å². The monoisotopic (exact) mass is 292 g/mol. The molecule has 0 spiro atoms. The van der Waals surface area contributed by atoms with Crippen molar-refractivity contribution in [2.75, 3.05) is 13.1 Å². The molecule has 1 saturated heterocycles. The van der Waals surface area contributed by atoms with Crippen LogP contribution in [0.25, 0.3) is 0 Å². The van der Waals surface area contributed by atoms with Crippen LogP contribution in [-0.4, -0.2) is 24.0 Å². The second-order valence-corrected chi connectivity index (χ2v) is 7.20. The number of fused-ring (bicyclic) bond motifs is 1. The van der Waals surface area contributed by atoms with E-state index in [0.717, 1.165) is 30.3 Å². The van der Waals surface area contributed by atoms with Crippen molar-refractivity contribution in [3.8, 4) is 0 Å². The minimum absolute atomic E-state index is 0.0966. The molecule has 2 heterocycles. The van der Waals surface area contributed by atoms with Crippen LogP contribution in [0.2, 0.25) is 0 Å². The van der Waals surface area contributed by atoms with Gasteiger partial charge >= 0.3 is 0 Å². The maximum absolute atomic E-state index is 12.3. The van der Waals surface area contributed by atoms with E-state index in [1.54, 1.807) is 11.3 Å². The average Bonchev–Trinajstić information content (AvgIpc) is 2.91. The summed E-state index contributed by atoms with van der Waals surface area (Å²) in [6, 6.07) is 2.14. The maximum atomic E-state index is 12.3. The van der Waals surface area contributed by atoms with Crippen molar-refractivity contribution < 1.29 is 4.79 Å². The normalized spacial score (nSPS) is 23.4. The van der Waals surface area contributed by atoms with Crippen LogP contribution in [0.3, 0.4) is 0 Å². The SMILES string of the molecule is CC[C@@H]1CCc2sc(C(=O)NN3CCCCC3)cc2C1. The first-order valence-corrected chi connectivity index (χ1v) is 8.75. The third-order valence-electron chi connectivity index (χ3n) is 4.60. The van der Waals surface area contributed by atoms with Gasteiger partial charge in [-0.15, -0.1) is 11.3 Å². The molecule has 1 aliphatic carbocycles. The zero-order valence-corrected chi connectivity index (χ0v) is 13.1. The standard InChI is InChI=1S/C16H24N2OS/c1-2-12-6-7-14-13(10-12)11-15(20-14)16(19)17-18-8-4-3-5-9-18/h11-12H,2-10H2,1H3,(H,17,19)/t12-/m1/s1. The summed E-state index contributed by atoms with van der Waals surface area (Å²) in [4.78, 5) is 14.7. The molecular weight excluding hydrogens is 268 g/mol. The van der Waals surface area contributed by atoms with Gasteiger partial charge in [0.15, 0.2) is 0 Å². The lowest BCUT2D eigenvalue weighted by atomic mass is 9.87. The summed E-state index contributed by atoms with van der Waals surface area (Å²) < 4.78 is 0. The van der Waals surface area contributed by atoms with Gasteiger partial charge in [-0.2, -0.15) is 0 Å². The summed E-state index contributed by atoms with van der Waals surface area (Å²) in [5.74, 6) is 0.912. The van der Waals surface area contributed by atoms with Gasteiger partial charge < -0.3 is 0 Å². The lowest BCUT2D eigenvalue weighted by Crippen LogP contribution is -2.44. The Labute approximate surface area is 125 Å². The van der Waals surface area contributed by atoms with Crippen molar-refractivity contribution in [1.29, 1.82) is 0 Å². The molecular formula is C16H24N2OS. The third kappa shape index (κ3) is 3.07. The smallest absolute Gasteiger partial charge is 0.275 e. The molecule has 1 aromatic rings. The Hall–Kier alpha value is -0.870. The highest BCUT2D eigenvalue weighted by Gasteiger charge is 2.23.